The smallest absolute Gasteiger partial charge is 0.246 e. The molecule has 0 aliphatic heterocycles. The van der Waals surface area contributed by atoms with Gasteiger partial charge in [-0.05, 0) is 12.7 Å². The first kappa shape index (κ1) is 13.7. The van der Waals surface area contributed by atoms with Crippen molar-refractivity contribution in [2.24, 2.45) is 5.73 Å². The topological polar surface area (TPSA) is 64.3 Å². The molecule has 0 spiro atoms. The van der Waals surface area contributed by atoms with E-state index in [4.69, 9.17) is 10.5 Å². The SMILES string of the molecule is CCSCC(C)NC(=O)COCCN. The van der Waals surface area contributed by atoms with E-state index in [1.807, 2.05) is 18.7 Å². The van der Waals surface area contributed by atoms with E-state index in [1.165, 1.54) is 0 Å². The summed E-state index contributed by atoms with van der Waals surface area (Å²) in [4.78, 5) is 11.2. The second-order valence-electron chi connectivity index (χ2n) is 2.97. The molecule has 84 valence electrons. The summed E-state index contributed by atoms with van der Waals surface area (Å²) in [7, 11) is 0. The van der Waals surface area contributed by atoms with Gasteiger partial charge in [0.2, 0.25) is 5.91 Å². The molecular formula is C9H20N2O2S. The number of amides is 1. The van der Waals surface area contributed by atoms with Crippen LogP contribution in [0.4, 0.5) is 0 Å². The molecule has 0 saturated carbocycles. The van der Waals surface area contributed by atoms with E-state index in [0.717, 1.165) is 11.5 Å². The zero-order chi connectivity index (χ0) is 10.8. The minimum Gasteiger partial charge on any atom is -0.370 e. The van der Waals surface area contributed by atoms with Crippen LogP contribution in [0.15, 0.2) is 0 Å². The van der Waals surface area contributed by atoms with Crippen molar-refractivity contribution in [3.63, 3.8) is 0 Å². The fourth-order valence-corrected chi connectivity index (χ4v) is 1.57. The van der Waals surface area contributed by atoms with Gasteiger partial charge in [0.25, 0.3) is 0 Å². The van der Waals surface area contributed by atoms with Crippen molar-refractivity contribution in [2.45, 2.75) is 19.9 Å². The lowest BCUT2D eigenvalue weighted by Gasteiger charge is -2.12. The molecule has 5 heteroatoms. The van der Waals surface area contributed by atoms with Crippen molar-refractivity contribution in [3.05, 3.63) is 0 Å². The lowest BCUT2D eigenvalue weighted by Crippen LogP contribution is -2.37. The molecule has 0 aliphatic carbocycles. The van der Waals surface area contributed by atoms with Crippen molar-refractivity contribution in [1.29, 1.82) is 0 Å². The van der Waals surface area contributed by atoms with Gasteiger partial charge in [0.05, 0.1) is 6.61 Å². The highest BCUT2D eigenvalue weighted by Crippen LogP contribution is 2.00. The van der Waals surface area contributed by atoms with E-state index in [0.29, 0.717) is 13.2 Å². The quantitative estimate of drug-likeness (QED) is 0.574. The molecule has 0 radical (unpaired) electrons. The van der Waals surface area contributed by atoms with Crippen LogP contribution in [0.25, 0.3) is 0 Å². The first-order valence-corrected chi connectivity index (χ1v) is 6.01. The highest BCUT2D eigenvalue weighted by molar-refractivity contribution is 7.99. The summed E-state index contributed by atoms with van der Waals surface area (Å²) >= 11 is 1.81. The molecule has 0 fully saturated rings. The van der Waals surface area contributed by atoms with Gasteiger partial charge in [0, 0.05) is 18.3 Å². The molecule has 0 aliphatic rings. The van der Waals surface area contributed by atoms with Gasteiger partial charge in [0.15, 0.2) is 0 Å². The van der Waals surface area contributed by atoms with Crippen LogP contribution in [0.3, 0.4) is 0 Å². The predicted octanol–water partition coefficient (Wildman–Crippen LogP) is 0.220. The van der Waals surface area contributed by atoms with Crippen LogP contribution in [-0.2, 0) is 9.53 Å². The van der Waals surface area contributed by atoms with Gasteiger partial charge >= 0.3 is 0 Å². The van der Waals surface area contributed by atoms with E-state index in [2.05, 4.69) is 12.2 Å². The molecule has 0 saturated heterocycles. The van der Waals surface area contributed by atoms with Crippen LogP contribution in [-0.4, -0.2) is 43.2 Å². The number of nitrogens with one attached hydrogen (secondary N) is 1. The van der Waals surface area contributed by atoms with Crippen LogP contribution in [0.2, 0.25) is 0 Å². The molecule has 14 heavy (non-hydrogen) atoms. The Labute approximate surface area is 89.9 Å². The van der Waals surface area contributed by atoms with Crippen molar-refractivity contribution in [1.82, 2.24) is 5.32 Å². The second-order valence-corrected chi connectivity index (χ2v) is 4.29. The monoisotopic (exact) mass is 220 g/mol. The summed E-state index contributed by atoms with van der Waals surface area (Å²) < 4.78 is 5.01. The number of hydrogen-bond acceptors (Lipinski definition) is 4. The summed E-state index contributed by atoms with van der Waals surface area (Å²) in [5.41, 5.74) is 5.22. The third-order valence-corrected chi connectivity index (χ3v) is 2.62. The molecule has 0 aromatic carbocycles. The minimum absolute atomic E-state index is 0.0670. The van der Waals surface area contributed by atoms with Crippen molar-refractivity contribution in [2.75, 3.05) is 31.3 Å². The number of carbonyl (C=O) groups is 1. The van der Waals surface area contributed by atoms with E-state index in [-0.39, 0.29) is 18.6 Å². The first-order valence-electron chi connectivity index (χ1n) is 4.85. The van der Waals surface area contributed by atoms with Crippen molar-refractivity contribution >= 4 is 17.7 Å². The normalized spacial score (nSPS) is 12.5. The Kier molecular flexibility index (Phi) is 9.13. The predicted molar refractivity (Wildman–Crippen MR) is 60.5 cm³/mol. The number of rotatable bonds is 8. The molecule has 1 atom stereocenters. The van der Waals surface area contributed by atoms with Crippen LogP contribution in [0, 0.1) is 0 Å². The lowest BCUT2D eigenvalue weighted by atomic mass is 10.4. The molecule has 4 nitrogen and oxygen atoms in total. The zero-order valence-corrected chi connectivity index (χ0v) is 9.73. The molecule has 1 amide bonds. The first-order chi connectivity index (χ1) is 6.70. The number of carbonyl (C=O) groups excluding carboxylic acids is 1. The van der Waals surface area contributed by atoms with Gasteiger partial charge in [0.1, 0.15) is 6.61 Å². The van der Waals surface area contributed by atoms with Crippen LogP contribution < -0.4 is 11.1 Å². The fraction of sp³-hybridized carbons (Fsp3) is 0.889. The molecular weight excluding hydrogens is 200 g/mol. The third-order valence-electron chi connectivity index (χ3n) is 1.47. The fourth-order valence-electron chi connectivity index (χ4n) is 0.901. The number of ether oxygens (including phenoxy) is 1. The number of hydrogen-bond donors (Lipinski definition) is 2. The minimum atomic E-state index is -0.0670. The second kappa shape index (κ2) is 9.30. The van der Waals surface area contributed by atoms with Crippen LogP contribution in [0.5, 0.6) is 0 Å². The van der Waals surface area contributed by atoms with Gasteiger partial charge in [-0.3, -0.25) is 4.79 Å². The molecule has 0 bridgehead atoms. The van der Waals surface area contributed by atoms with Gasteiger partial charge in [-0.1, -0.05) is 6.92 Å². The Morgan fingerprint density at radius 2 is 2.36 bits per heavy atom. The molecule has 3 N–H and O–H groups in total. The summed E-state index contributed by atoms with van der Waals surface area (Å²) in [5.74, 6) is 1.95. The average molecular weight is 220 g/mol. The van der Waals surface area contributed by atoms with Crippen LogP contribution in [0.1, 0.15) is 13.8 Å². The summed E-state index contributed by atoms with van der Waals surface area (Å²) in [6.45, 7) is 5.09. The number of nitrogens with two attached hydrogens (primary N) is 1. The Bertz CT molecular complexity index is 156. The Hall–Kier alpha value is -0.260. The van der Waals surface area contributed by atoms with Crippen molar-refractivity contribution in [3.8, 4) is 0 Å². The van der Waals surface area contributed by atoms with E-state index in [1.54, 1.807) is 0 Å². The Morgan fingerprint density at radius 1 is 1.64 bits per heavy atom. The molecule has 0 aromatic rings. The maximum absolute atomic E-state index is 11.2. The summed E-state index contributed by atoms with van der Waals surface area (Å²) in [6, 6.07) is 0.203. The van der Waals surface area contributed by atoms with E-state index in [9.17, 15) is 4.79 Å². The van der Waals surface area contributed by atoms with Gasteiger partial charge in [-0.15, -0.1) is 0 Å². The van der Waals surface area contributed by atoms with Gasteiger partial charge < -0.3 is 15.8 Å². The Balaban J connectivity index is 3.40. The van der Waals surface area contributed by atoms with Crippen molar-refractivity contribution < 1.29 is 9.53 Å². The van der Waals surface area contributed by atoms with E-state index < -0.39 is 0 Å². The largest absolute Gasteiger partial charge is 0.370 e. The molecule has 0 heterocycles. The summed E-state index contributed by atoms with van der Waals surface area (Å²) in [6.07, 6.45) is 0. The van der Waals surface area contributed by atoms with E-state index >= 15 is 0 Å². The highest BCUT2D eigenvalue weighted by Gasteiger charge is 2.06. The molecule has 0 aromatic heterocycles. The standard InChI is InChI=1S/C9H20N2O2S/c1-3-14-7-8(2)11-9(12)6-13-5-4-10/h8H,3-7,10H2,1-2H3,(H,11,12). The average Bonchev–Trinajstić information content (AvgIpc) is 2.15. The third kappa shape index (κ3) is 8.34. The summed E-state index contributed by atoms with van der Waals surface area (Å²) in [5, 5.41) is 2.85. The maximum atomic E-state index is 11.2. The molecule has 1 unspecified atom stereocenters. The Morgan fingerprint density at radius 3 is 2.93 bits per heavy atom. The number of thioether (sulfide) groups is 1. The van der Waals surface area contributed by atoms with Gasteiger partial charge in [-0.25, -0.2) is 0 Å². The van der Waals surface area contributed by atoms with Gasteiger partial charge in [-0.2, -0.15) is 11.8 Å². The molecule has 0 rings (SSSR count). The highest BCUT2D eigenvalue weighted by atomic mass is 32.2. The maximum Gasteiger partial charge on any atom is 0.246 e. The zero-order valence-electron chi connectivity index (χ0n) is 8.91. The van der Waals surface area contributed by atoms with Crippen LogP contribution >= 0.6 is 11.8 Å². The lowest BCUT2D eigenvalue weighted by molar-refractivity contribution is -0.126.